The standard InChI is InChI=1S/C15H14ClN3O5S/c16-8-6-25-14-10(12(21)19(14)13(8)24-15(22)23)18-11(20)9(17)7-4-2-1-3-5-7/h1-5,9-10,14H,6,17H2,(H,18,20)(H,22,23)/t9-,10?,14-/m0/s1. The summed E-state index contributed by atoms with van der Waals surface area (Å²) in [6, 6.07) is 7.04. The quantitative estimate of drug-likeness (QED) is 0.527. The van der Waals surface area contributed by atoms with E-state index >= 15 is 0 Å². The van der Waals surface area contributed by atoms with Gasteiger partial charge in [-0.1, -0.05) is 41.9 Å². The van der Waals surface area contributed by atoms with Gasteiger partial charge in [0.25, 0.3) is 5.91 Å². The molecule has 3 rings (SSSR count). The van der Waals surface area contributed by atoms with Gasteiger partial charge in [0.2, 0.25) is 11.8 Å². The van der Waals surface area contributed by atoms with Crippen molar-refractivity contribution in [2.45, 2.75) is 17.5 Å². The fourth-order valence-electron chi connectivity index (χ4n) is 2.58. The monoisotopic (exact) mass is 383 g/mol. The van der Waals surface area contributed by atoms with Crippen molar-refractivity contribution in [2.75, 3.05) is 5.75 Å². The van der Waals surface area contributed by atoms with E-state index < -0.39 is 35.4 Å². The van der Waals surface area contributed by atoms with Crippen LogP contribution in [0.1, 0.15) is 11.6 Å². The van der Waals surface area contributed by atoms with Gasteiger partial charge in [0, 0.05) is 5.75 Å². The Morgan fingerprint density at radius 1 is 1.40 bits per heavy atom. The number of halogens is 1. The van der Waals surface area contributed by atoms with Crippen LogP contribution < -0.4 is 11.1 Å². The Morgan fingerprint density at radius 2 is 2.08 bits per heavy atom. The summed E-state index contributed by atoms with van der Waals surface area (Å²) < 4.78 is 4.60. The van der Waals surface area contributed by atoms with Crippen LogP contribution in [-0.4, -0.2) is 45.1 Å². The summed E-state index contributed by atoms with van der Waals surface area (Å²) in [7, 11) is 0. The van der Waals surface area contributed by atoms with Crippen LogP contribution in [0.25, 0.3) is 0 Å². The molecule has 3 atom stereocenters. The largest absolute Gasteiger partial charge is 0.512 e. The molecule has 1 saturated heterocycles. The molecule has 2 aliphatic heterocycles. The van der Waals surface area contributed by atoms with Gasteiger partial charge >= 0.3 is 6.16 Å². The fourth-order valence-corrected chi connectivity index (χ4v) is 4.06. The number of thioether (sulfide) groups is 1. The third-order valence-electron chi connectivity index (χ3n) is 3.80. The van der Waals surface area contributed by atoms with Crippen LogP contribution in [0.3, 0.4) is 0 Å². The summed E-state index contributed by atoms with van der Waals surface area (Å²) in [6.45, 7) is 0. The molecule has 0 radical (unpaired) electrons. The number of nitrogens with two attached hydrogens (primary N) is 1. The lowest BCUT2D eigenvalue weighted by Gasteiger charge is -2.48. The molecule has 0 aromatic heterocycles. The molecular formula is C15H14ClN3O5S. The van der Waals surface area contributed by atoms with Crippen molar-refractivity contribution in [2.24, 2.45) is 5.73 Å². The second-order valence-corrected chi connectivity index (χ2v) is 6.92. The van der Waals surface area contributed by atoms with E-state index in [1.54, 1.807) is 30.3 Å². The van der Waals surface area contributed by atoms with Gasteiger partial charge in [-0.05, 0) is 5.56 Å². The van der Waals surface area contributed by atoms with E-state index in [0.717, 1.165) is 4.90 Å². The number of β-lactam (4-membered cyclic amide) rings is 1. The van der Waals surface area contributed by atoms with Gasteiger partial charge in [0.05, 0.1) is 5.03 Å². The number of carbonyl (C=O) groups is 3. The number of nitrogens with one attached hydrogen (secondary N) is 1. The van der Waals surface area contributed by atoms with Gasteiger partial charge in [-0.15, -0.1) is 11.8 Å². The van der Waals surface area contributed by atoms with E-state index in [4.69, 9.17) is 22.4 Å². The van der Waals surface area contributed by atoms with Crippen molar-refractivity contribution in [3.05, 3.63) is 46.8 Å². The summed E-state index contributed by atoms with van der Waals surface area (Å²) in [4.78, 5) is 36.5. The summed E-state index contributed by atoms with van der Waals surface area (Å²) in [5.41, 5.74) is 6.54. The molecule has 8 nitrogen and oxygen atoms in total. The number of amides is 2. The molecule has 10 heteroatoms. The number of hydrogen-bond donors (Lipinski definition) is 3. The highest BCUT2D eigenvalue weighted by Crippen LogP contribution is 2.41. The molecule has 4 N–H and O–H groups in total. The predicted molar refractivity (Wildman–Crippen MR) is 90.4 cm³/mol. The number of fused-ring (bicyclic) bond motifs is 1. The first-order valence-electron chi connectivity index (χ1n) is 7.25. The molecule has 1 unspecified atom stereocenters. The van der Waals surface area contributed by atoms with Crippen LogP contribution >= 0.6 is 23.4 Å². The molecule has 1 aromatic carbocycles. The number of hydrogen-bond acceptors (Lipinski definition) is 6. The zero-order chi connectivity index (χ0) is 18.1. The Hall–Kier alpha value is -2.23. The van der Waals surface area contributed by atoms with E-state index in [0.29, 0.717) is 5.56 Å². The Morgan fingerprint density at radius 3 is 2.72 bits per heavy atom. The Labute approximate surface area is 151 Å². The molecule has 0 bridgehead atoms. The molecule has 2 heterocycles. The van der Waals surface area contributed by atoms with Crippen LogP contribution in [-0.2, 0) is 14.3 Å². The predicted octanol–water partition coefficient (Wildman–Crippen LogP) is 1.19. The molecule has 0 aliphatic carbocycles. The summed E-state index contributed by atoms with van der Waals surface area (Å²) >= 11 is 7.24. The third-order valence-corrected chi connectivity index (χ3v) is 5.53. The number of rotatable bonds is 4. The van der Waals surface area contributed by atoms with E-state index in [1.165, 1.54) is 11.8 Å². The van der Waals surface area contributed by atoms with Crippen molar-refractivity contribution in [3.8, 4) is 0 Å². The van der Waals surface area contributed by atoms with Gasteiger partial charge in [0.15, 0.2) is 0 Å². The lowest BCUT2D eigenvalue weighted by molar-refractivity contribution is -0.149. The third kappa shape index (κ3) is 3.30. The lowest BCUT2D eigenvalue weighted by atomic mass is 10.0. The van der Waals surface area contributed by atoms with Crippen LogP contribution in [0.5, 0.6) is 0 Å². The summed E-state index contributed by atoms with van der Waals surface area (Å²) in [6.07, 6.45) is -1.56. The Kier molecular flexibility index (Phi) is 4.89. The average Bonchev–Trinajstić information content (AvgIpc) is 2.60. The van der Waals surface area contributed by atoms with Gasteiger partial charge in [-0.2, -0.15) is 0 Å². The first-order chi connectivity index (χ1) is 11.9. The Balaban J connectivity index is 1.69. The van der Waals surface area contributed by atoms with Crippen molar-refractivity contribution in [3.63, 3.8) is 0 Å². The Bertz CT molecular complexity index is 757. The molecule has 1 fully saturated rings. The van der Waals surface area contributed by atoms with Gasteiger partial charge in [-0.25, -0.2) is 4.79 Å². The molecule has 132 valence electrons. The van der Waals surface area contributed by atoms with Crippen LogP contribution in [0.15, 0.2) is 41.2 Å². The molecule has 25 heavy (non-hydrogen) atoms. The number of benzene rings is 1. The van der Waals surface area contributed by atoms with Crippen molar-refractivity contribution in [1.29, 1.82) is 0 Å². The fraction of sp³-hybridized carbons (Fsp3) is 0.267. The topological polar surface area (TPSA) is 122 Å². The first kappa shape index (κ1) is 17.6. The van der Waals surface area contributed by atoms with Crippen LogP contribution in [0.2, 0.25) is 0 Å². The number of carbonyl (C=O) groups excluding carboxylic acids is 2. The minimum Gasteiger partial charge on any atom is -0.449 e. The molecule has 0 spiro atoms. The highest BCUT2D eigenvalue weighted by molar-refractivity contribution is 8.00. The second-order valence-electron chi connectivity index (χ2n) is 5.36. The maximum atomic E-state index is 12.3. The molecule has 1 aromatic rings. The zero-order valence-corrected chi connectivity index (χ0v) is 14.3. The zero-order valence-electron chi connectivity index (χ0n) is 12.7. The maximum Gasteiger partial charge on any atom is 0.512 e. The normalized spacial score (nSPS) is 23.4. The van der Waals surface area contributed by atoms with E-state index in [1.807, 2.05) is 0 Å². The van der Waals surface area contributed by atoms with Crippen molar-refractivity contribution < 1.29 is 24.2 Å². The van der Waals surface area contributed by atoms with Gasteiger partial charge in [0.1, 0.15) is 17.5 Å². The van der Waals surface area contributed by atoms with Crippen LogP contribution in [0, 0.1) is 0 Å². The average molecular weight is 384 g/mol. The first-order valence-corrected chi connectivity index (χ1v) is 8.68. The van der Waals surface area contributed by atoms with E-state index in [-0.39, 0.29) is 16.7 Å². The van der Waals surface area contributed by atoms with Gasteiger partial charge in [-0.3, -0.25) is 14.5 Å². The second kappa shape index (κ2) is 6.95. The molecular weight excluding hydrogens is 370 g/mol. The van der Waals surface area contributed by atoms with E-state index in [2.05, 4.69) is 10.1 Å². The number of carboxylic acid groups (broad SMARTS) is 1. The van der Waals surface area contributed by atoms with Crippen molar-refractivity contribution in [1.82, 2.24) is 10.2 Å². The number of ether oxygens (including phenoxy) is 1. The summed E-state index contributed by atoms with van der Waals surface area (Å²) in [5.74, 6) is -0.928. The molecule has 0 saturated carbocycles. The summed E-state index contributed by atoms with van der Waals surface area (Å²) in [5, 5.41) is 11.0. The number of nitrogens with zero attached hydrogens (tertiary/aromatic N) is 1. The van der Waals surface area contributed by atoms with Crippen LogP contribution in [0.4, 0.5) is 4.79 Å². The minimum atomic E-state index is -1.56. The van der Waals surface area contributed by atoms with Gasteiger partial charge < -0.3 is 20.9 Å². The van der Waals surface area contributed by atoms with Crippen molar-refractivity contribution >= 4 is 41.3 Å². The smallest absolute Gasteiger partial charge is 0.449 e. The maximum absolute atomic E-state index is 12.3. The molecule has 2 aliphatic rings. The highest BCUT2D eigenvalue weighted by atomic mass is 35.5. The lowest BCUT2D eigenvalue weighted by Crippen LogP contribution is -2.70. The highest BCUT2D eigenvalue weighted by Gasteiger charge is 2.54. The molecule has 2 amide bonds. The van der Waals surface area contributed by atoms with E-state index in [9.17, 15) is 14.4 Å². The SMILES string of the molecule is N[C@H](C(=O)NC1C(=O)N2C(OC(=O)O)=C(Cl)CS[C@@H]12)c1ccccc1. The minimum absolute atomic E-state index is 0.128.